The van der Waals surface area contributed by atoms with Gasteiger partial charge in [-0.05, 0) is 42.5 Å². The van der Waals surface area contributed by atoms with E-state index in [2.05, 4.69) is 27.1 Å². The second kappa shape index (κ2) is 8.28. The molecule has 0 saturated carbocycles. The highest BCUT2D eigenvalue weighted by molar-refractivity contribution is 7.84. The number of hydrogen-bond acceptors (Lipinski definition) is 5. The first-order chi connectivity index (χ1) is 12.6. The predicted octanol–water partition coefficient (Wildman–Crippen LogP) is 3.37. The number of ether oxygens (including phenoxy) is 1. The molecule has 0 aliphatic carbocycles. The first-order valence-corrected chi connectivity index (χ1v) is 9.38. The van der Waals surface area contributed by atoms with Crippen molar-refractivity contribution >= 4 is 22.4 Å². The van der Waals surface area contributed by atoms with Crippen LogP contribution in [-0.2, 0) is 10.8 Å². The number of nitrogens with one attached hydrogen (secondary N) is 1. The molecule has 0 spiro atoms. The third-order valence-corrected chi connectivity index (χ3v) is 4.43. The van der Waals surface area contributed by atoms with Crippen LogP contribution in [-0.4, -0.2) is 27.5 Å². The van der Waals surface area contributed by atoms with Crippen molar-refractivity contribution in [3.05, 3.63) is 72.1 Å². The van der Waals surface area contributed by atoms with E-state index in [1.165, 1.54) is 0 Å². The number of aromatic nitrogens is 2. The lowest BCUT2D eigenvalue weighted by molar-refractivity contribution is 0.415. The predicted molar refractivity (Wildman–Crippen MR) is 103 cm³/mol. The zero-order valence-corrected chi connectivity index (χ0v) is 15.2. The molecule has 1 atom stereocenters. The molecule has 1 heterocycles. The van der Waals surface area contributed by atoms with Gasteiger partial charge >= 0.3 is 0 Å². The van der Waals surface area contributed by atoms with Crippen LogP contribution in [0.25, 0.3) is 0 Å². The Hall–Kier alpha value is -3.17. The molecule has 3 rings (SSSR count). The minimum Gasteiger partial charge on any atom is -0.497 e. The Morgan fingerprint density at radius 1 is 1.00 bits per heavy atom. The number of rotatable bonds is 4. The van der Waals surface area contributed by atoms with Crippen LogP contribution in [0.4, 0.5) is 11.6 Å². The quantitative estimate of drug-likeness (QED) is 0.720. The van der Waals surface area contributed by atoms with Crippen molar-refractivity contribution in [2.45, 2.75) is 4.90 Å². The van der Waals surface area contributed by atoms with Crippen LogP contribution in [0.3, 0.4) is 0 Å². The minimum atomic E-state index is -1.03. The molecular weight excluding hydrogens is 346 g/mol. The van der Waals surface area contributed by atoms with Gasteiger partial charge in [-0.25, -0.2) is 9.97 Å². The molecule has 0 fully saturated rings. The standard InChI is InChI=1S/C20H17N3O2S/c1-25-18-10-8-15(9-11-18)6-7-16-13-21-20(22-14-16)23-17-4-3-5-19(12-17)26(2)24/h3-5,8-14H,1-2H3,(H,21,22,23). The van der Waals surface area contributed by atoms with Crippen molar-refractivity contribution in [1.29, 1.82) is 0 Å². The summed E-state index contributed by atoms with van der Waals surface area (Å²) in [7, 11) is 0.599. The van der Waals surface area contributed by atoms with Gasteiger partial charge in [0.2, 0.25) is 5.95 Å². The lowest BCUT2D eigenvalue weighted by Crippen LogP contribution is -1.98. The zero-order chi connectivity index (χ0) is 18.4. The molecule has 1 aromatic heterocycles. The molecule has 1 unspecified atom stereocenters. The third-order valence-electron chi connectivity index (χ3n) is 3.52. The molecule has 6 heteroatoms. The van der Waals surface area contributed by atoms with Crippen molar-refractivity contribution in [2.24, 2.45) is 0 Å². The fourth-order valence-corrected chi connectivity index (χ4v) is 2.72. The van der Waals surface area contributed by atoms with E-state index in [1.54, 1.807) is 25.8 Å². The van der Waals surface area contributed by atoms with Gasteiger partial charge < -0.3 is 10.1 Å². The molecule has 1 N–H and O–H groups in total. The van der Waals surface area contributed by atoms with E-state index in [0.717, 1.165) is 27.5 Å². The van der Waals surface area contributed by atoms with Crippen LogP contribution in [0, 0.1) is 11.8 Å². The smallest absolute Gasteiger partial charge is 0.227 e. The fourth-order valence-electron chi connectivity index (χ4n) is 2.16. The number of hydrogen-bond donors (Lipinski definition) is 1. The highest BCUT2D eigenvalue weighted by atomic mass is 32.2. The van der Waals surface area contributed by atoms with Gasteiger partial charge in [-0.3, -0.25) is 4.21 Å². The van der Waals surface area contributed by atoms with E-state index >= 15 is 0 Å². The second-order valence-electron chi connectivity index (χ2n) is 5.38. The van der Waals surface area contributed by atoms with Gasteiger partial charge in [-0.2, -0.15) is 0 Å². The largest absolute Gasteiger partial charge is 0.497 e. The Morgan fingerprint density at radius 2 is 1.69 bits per heavy atom. The molecule has 0 saturated heterocycles. The van der Waals surface area contributed by atoms with Crippen LogP contribution in [0.1, 0.15) is 11.1 Å². The van der Waals surface area contributed by atoms with E-state index in [-0.39, 0.29) is 0 Å². The average Bonchev–Trinajstić information content (AvgIpc) is 2.68. The van der Waals surface area contributed by atoms with E-state index < -0.39 is 10.8 Å². The number of nitrogens with zero attached hydrogens (tertiary/aromatic N) is 2. The maximum Gasteiger partial charge on any atom is 0.227 e. The Labute approximate surface area is 154 Å². The van der Waals surface area contributed by atoms with Gasteiger partial charge in [0.05, 0.1) is 12.7 Å². The van der Waals surface area contributed by atoms with Crippen LogP contribution in [0.5, 0.6) is 5.75 Å². The molecule has 3 aromatic rings. The molecule has 0 aliphatic heterocycles. The summed E-state index contributed by atoms with van der Waals surface area (Å²) in [5, 5.41) is 3.09. The molecule has 5 nitrogen and oxygen atoms in total. The van der Waals surface area contributed by atoms with Crippen LogP contribution in [0.15, 0.2) is 65.8 Å². The summed E-state index contributed by atoms with van der Waals surface area (Å²) in [6, 6.07) is 14.9. The molecule has 0 bridgehead atoms. The SMILES string of the molecule is COc1ccc(C#Cc2cnc(Nc3cccc(S(C)=O)c3)nc2)cc1. The molecule has 0 radical (unpaired) electrons. The first kappa shape index (κ1) is 17.6. The Morgan fingerprint density at radius 3 is 2.35 bits per heavy atom. The third kappa shape index (κ3) is 4.68. The summed E-state index contributed by atoms with van der Waals surface area (Å²) in [4.78, 5) is 9.28. The molecule has 26 heavy (non-hydrogen) atoms. The van der Waals surface area contributed by atoms with Crippen molar-refractivity contribution in [2.75, 3.05) is 18.7 Å². The Kier molecular flexibility index (Phi) is 5.62. The molecular formula is C20H17N3O2S. The first-order valence-electron chi connectivity index (χ1n) is 7.83. The summed E-state index contributed by atoms with van der Waals surface area (Å²) in [6.07, 6.45) is 4.97. The van der Waals surface area contributed by atoms with Gasteiger partial charge in [0.15, 0.2) is 0 Å². The van der Waals surface area contributed by atoms with Crippen LogP contribution in [0.2, 0.25) is 0 Å². The lowest BCUT2D eigenvalue weighted by Gasteiger charge is -2.05. The van der Waals surface area contributed by atoms with E-state index in [9.17, 15) is 4.21 Å². The van der Waals surface area contributed by atoms with Gasteiger partial charge in [0.1, 0.15) is 5.75 Å². The van der Waals surface area contributed by atoms with Crippen molar-refractivity contribution in [3.8, 4) is 17.6 Å². The van der Waals surface area contributed by atoms with E-state index in [1.807, 2.05) is 48.5 Å². The minimum absolute atomic E-state index is 0.457. The van der Waals surface area contributed by atoms with Gasteiger partial charge in [0, 0.05) is 45.6 Å². The van der Waals surface area contributed by atoms with Gasteiger partial charge in [-0.15, -0.1) is 0 Å². The van der Waals surface area contributed by atoms with Crippen molar-refractivity contribution < 1.29 is 8.95 Å². The highest BCUT2D eigenvalue weighted by Crippen LogP contribution is 2.16. The molecule has 0 amide bonds. The maximum absolute atomic E-state index is 11.5. The lowest BCUT2D eigenvalue weighted by atomic mass is 10.2. The van der Waals surface area contributed by atoms with Crippen molar-refractivity contribution in [3.63, 3.8) is 0 Å². The highest BCUT2D eigenvalue weighted by Gasteiger charge is 2.01. The van der Waals surface area contributed by atoms with E-state index in [0.29, 0.717) is 5.95 Å². The summed E-state index contributed by atoms with van der Waals surface area (Å²) in [5.41, 5.74) is 2.39. The number of benzene rings is 2. The zero-order valence-electron chi connectivity index (χ0n) is 14.4. The monoisotopic (exact) mass is 363 g/mol. The van der Waals surface area contributed by atoms with Crippen LogP contribution < -0.4 is 10.1 Å². The number of methoxy groups -OCH3 is 1. The number of anilines is 2. The Bertz CT molecular complexity index is 974. The molecule has 0 aliphatic rings. The molecule has 2 aromatic carbocycles. The van der Waals surface area contributed by atoms with Crippen molar-refractivity contribution in [1.82, 2.24) is 9.97 Å². The van der Waals surface area contributed by atoms with Gasteiger partial charge in [0.25, 0.3) is 0 Å². The topological polar surface area (TPSA) is 64.1 Å². The average molecular weight is 363 g/mol. The Balaban J connectivity index is 1.69. The summed E-state index contributed by atoms with van der Waals surface area (Å²) in [6.45, 7) is 0. The van der Waals surface area contributed by atoms with Crippen LogP contribution >= 0.6 is 0 Å². The van der Waals surface area contributed by atoms with E-state index in [4.69, 9.17) is 4.74 Å². The van der Waals surface area contributed by atoms with Gasteiger partial charge in [-0.1, -0.05) is 17.9 Å². The maximum atomic E-state index is 11.5. The second-order valence-corrected chi connectivity index (χ2v) is 6.76. The summed E-state index contributed by atoms with van der Waals surface area (Å²) < 4.78 is 16.7. The fraction of sp³-hybridized carbons (Fsp3) is 0.100. The molecule has 130 valence electrons. The summed E-state index contributed by atoms with van der Waals surface area (Å²) >= 11 is 0. The summed E-state index contributed by atoms with van der Waals surface area (Å²) in [5.74, 6) is 7.35. The normalized spacial score (nSPS) is 11.2.